The SMILES string of the molecule is COc1ccc(C(NC(=O)N2CC(C)CC(C(=O)O)C2)c2ccco2)cc1. The van der Waals surface area contributed by atoms with E-state index in [1.807, 2.05) is 31.2 Å². The lowest BCUT2D eigenvalue weighted by Crippen LogP contribution is -2.50. The van der Waals surface area contributed by atoms with Crippen molar-refractivity contribution in [3.05, 3.63) is 54.0 Å². The molecule has 27 heavy (non-hydrogen) atoms. The maximum atomic E-state index is 12.9. The average molecular weight is 372 g/mol. The highest BCUT2D eigenvalue weighted by molar-refractivity contribution is 5.77. The van der Waals surface area contributed by atoms with E-state index in [1.54, 1.807) is 30.4 Å². The molecule has 1 aliphatic heterocycles. The molecule has 7 nitrogen and oxygen atoms in total. The number of aliphatic carboxylic acids is 1. The first-order valence-corrected chi connectivity index (χ1v) is 8.93. The number of hydrogen-bond acceptors (Lipinski definition) is 4. The van der Waals surface area contributed by atoms with Crippen molar-refractivity contribution in [2.24, 2.45) is 11.8 Å². The van der Waals surface area contributed by atoms with Crippen LogP contribution in [0.25, 0.3) is 0 Å². The number of carboxylic acids is 1. The van der Waals surface area contributed by atoms with Gasteiger partial charge in [-0.05, 0) is 42.2 Å². The molecule has 2 amide bonds. The molecule has 144 valence electrons. The van der Waals surface area contributed by atoms with E-state index < -0.39 is 17.9 Å². The number of amides is 2. The summed E-state index contributed by atoms with van der Waals surface area (Å²) in [5, 5.41) is 12.3. The zero-order valence-corrected chi connectivity index (χ0v) is 15.4. The van der Waals surface area contributed by atoms with Gasteiger partial charge < -0.3 is 24.5 Å². The molecule has 1 aliphatic rings. The summed E-state index contributed by atoms with van der Waals surface area (Å²) in [5.41, 5.74) is 0.846. The molecule has 1 fully saturated rings. The van der Waals surface area contributed by atoms with Gasteiger partial charge >= 0.3 is 12.0 Å². The second-order valence-corrected chi connectivity index (χ2v) is 6.95. The molecule has 1 aromatic heterocycles. The summed E-state index contributed by atoms with van der Waals surface area (Å²) in [6, 6.07) is 10.2. The molecule has 1 aromatic carbocycles. The molecule has 2 N–H and O–H groups in total. The van der Waals surface area contributed by atoms with Gasteiger partial charge in [-0.1, -0.05) is 19.1 Å². The summed E-state index contributed by atoms with van der Waals surface area (Å²) >= 11 is 0. The first-order valence-electron chi connectivity index (χ1n) is 8.93. The van der Waals surface area contributed by atoms with E-state index in [-0.39, 0.29) is 18.5 Å². The van der Waals surface area contributed by atoms with Crippen molar-refractivity contribution >= 4 is 12.0 Å². The molecule has 1 saturated heterocycles. The Hall–Kier alpha value is -2.96. The van der Waals surface area contributed by atoms with Crippen molar-refractivity contribution in [3.8, 4) is 5.75 Å². The molecule has 2 aromatic rings. The van der Waals surface area contributed by atoms with Gasteiger partial charge in [-0.2, -0.15) is 0 Å². The normalized spacial score (nSPS) is 20.7. The van der Waals surface area contributed by atoms with Gasteiger partial charge in [-0.15, -0.1) is 0 Å². The summed E-state index contributed by atoms with van der Waals surface area (Å²) in [7, 11) is 1.59. The molecule has 2 heterocycles. The van der Waals surface area contributed by atoms with Crippen LogP contribution >= 0.6 is 0 Å². The number of methoxy groups -OCH3 is 1. The third kappa shape index (κ3) is 4.42. The quantitative estimate of drug-likeness (QED) is 0.841. The van der Waals surface area contributed by atoms with E-state index in [4.69, 9.17) is 9.15 Å². The van der Waals surface area contributed by atoms with Crippen LogP contribution in [0.15, 0.2) is 47.1 Å². The Labute approximate surface area is 157 Å². The van der Waals surface area contributed by atoms with Crippen LogP contribution in [0.1, 0.15) is 30.7 Å². The molecule has 0 saturated carbocycles. The van der Waals surface area contributed by atoms with Crippen LogP contribution in [0.2, 0.25) is 0 Å². The highest BCUT2D eigenvalue weighted by Gasteiger charge is 2.33. The van der Waals surface area contributed by atoms with Gasteiger partial charge in [-0.25, -0.2) is 4.79 Å². The molecule has 3 rings (SSSR count). The summed E-state index contributed by atoms with van der Waals surface area (Å²) in [4.78, 5) is 25.8. The first-order chi connectivity index (χ1) is 13.0. The number of carboxylic acid groups (broad SMARTS) is 1. The topological polar surface area (TPSA) is 92.0 Å². The van der Waals surface area contributed by atoms with Gasteiger partial charge in [-0.3, -0.25) is 4.79 Å². The van der Waals surface area contributed by atoms with E-state index in [9.17, 15) is 14.7 Å². The number of piperidine rings is 1. The van der Waals surface area contributed by atoms with Gasteiger partial charge in [0.1, 0.15) is 17.6 Å². The third-order valence-electron chi connectivity index (χ3n) is 4.84. The highest BCUT2D eigenvalue weighted by atomic mass is 16.5. The molecule has 7 heteroatoms. The molecule has 0 radical (unpaired) electrons. The molecule has 3 atom stereocenters. The van der Waals surface area contributed by atoms with Gasteiger partial charge in [0, 0.05) is 13.1 Å². The summed E-state index contributed by atoms with van der Waals surface area (Å²) in [6.45, 7) is 2.70. The van der Waals surface area contributed by atoms with Crippen molar-refractivity contribution in [2.45, 2.75) is 19.4 Å². The zero-order valence-electron chi connectivity index (χ0n) is 15.4. The average Bonchev–Trinajstić information content (AvgIpc) is 3.20. The van der Waals surface area contributed by atoms with Crippen LogP contribution in [-0.4, -0.2) is 42.2 Å². The molecule has 0 bridgehead atoms. The number of nitrogens with one attached hydrogen (secondary N) is 1. The number of carbonyl (C=O) groups excluding carboxylic acids is 1. The summed E-state index contributed by atoms with van der Waals surface area (Å²) in [5.74, 6) is 0.0547. The fourth-order valence-electron chi connectivity index (χ4n) is 3.48. The fourth-order valence-corrected chi connectivity index (χ4v) is 3.48. The number of rotatable bonds is 5. The number of furan rings is 1. The van der Waals surface area contributed by atoms with E-state index in [0.29, 0.717) is 18.7 Å². The molecular formula is C20H24N2O5. The monoisotopic (exact) mass is 372 g/mol. The lowest BCUT2D eigenvalue weighted by molar-refractivity contribution is -0.143. The van der Waals surface area contributed by atoms with Crippen molar-refractivity contribution in [2.75, 3.05) is 20.2 Å². The lowest BCUT2D eigenvalue weighted by atomic mass is 9.91. The zero-order chi connectivity index (χ0) is 19.4. The maximum absolute atomic E-state index is 12.9. The van der Waals surface area contributed by atoms with Crippen LogP contribution in [-0.2, 0) is 4.79 Å². The third-order valence-corrected chi connectivity index (χ3v) is 4.84. The maximum Gasteiger partial charge on any atom is 0.318 e. The minimum Gasteiger partial charge on any atom is -0.497 e. The van der Waals surface area contributed by atoms with Crippen LogP contribution < -0.4 is 10.1 Å². The fraction of sp³-hybridized carbons (Fsp3) is 0.400. The number of benzene rings is 1. The van der Waals surface area contributed by atoms with Gasteiger partial charge in [0.2, 0.25) is 0 Å². The van der Waals surface area contributed by atoms with E-state index in [2.05, 4.69) is 5.32 Å². The Balaban J connectivity index is 1.79. The number of likely N-dealkylation sites (tertiary alicyclic amines) is 1. The van der Waals surface area contributed by atoms with Gasteiger partial charge in [0.15, 0.2) is 0 Å². The largest absolute Gasteiger partial charge is 0.497 e. The number of nitrogens with zero attached hydrogens (tertiary/aromatic N) is 1. The molecule has 3 unspecified atom stereocenters. The van der Waals surface area contributed by atoms with E-state index in [1.165, 1.54) is 0 Å². The smallest absolute Gasteiger partial charge is 0.318 e. The molecular weight excluding hydrogens is 348 g/mol. The minimum absolute atomic E-state index is 0.133. The second kappa shape index (κ2) is 8.16. The predicted octanol–water partition coefficient (Wildman–Crippen LogP) is 3.13. The molecule has 0 aliphatic carbocycles. The standard InChI is InChI=1S/C20H24N2O5/c1-13-10-15(19(23)24)12-22(11-13)20(25)21-18(17-4-3-9-27-17)14-5-7-16(26-2)8-6-14/h3-9,13,15,18H,10-12H2,1-2H3,(H,21,25)(H,23,24). The summed E-state index contributed by atoms with van der Waals surface area (Å²) < 4.78 is 10.7. The van der Waals surface area contributed by atoms with Gasteiger partial charge in [0.25, 0.3) is 0 Å². The highest BCUT2D eigenvalue weighted by Crippen LogP contribution is 2.26. The molecule has 0 spiro atoms. The lowest BCUT2D eigenvalue weighted by Gasteiger charge is -2.35. The Bertz CT molecular complexity index is 772. The minimum atomic E-state index is -0.864. The van der Waals surface area contributed by atoms with Crippen molar-refractivity contribution < 1.29 is 23.8 Å². The summed E-state index contributed by atoms with van der Waals surface area (Å²) in [6.07, 6.45) is 2.14. The van der Waals surface area contributed by atoms with Crippen molar-refractivity contribution in [3.63, 3.8) is 0 Å². The second-order valence-electron chi connectivity index (χ2n) is 6.95. The Morgan fingerprint density at radius 3 is 2.59 bits per heavy atom. The van der Waals surface area contributed by atoms with Crippen LogP contribution in [0.3, 0.4) is 0 Å². The Morgan fingerprint density at radius 1 is 1.26 bits per heavy atom. The van der Waals surface area contributed by atoms with E-state index in [0.717, 1.165) is 11.3 Å². The van der Waals surface area contributed by atoms with Crippen LogP contribution in [0, 0.1) is 11.8 Å². The first kappa shape index (κ1) is 18.8. The van der Waals surface area contributed by atoms with Crippen molar-refractivity contribution in [1.82, 2.24) is 10.2 Å². The van der Waals surface area contributed by atoms with Crippen LogP contribution in [0.5, 0.6) is 5.75 Å². The Kier molecular flexibility index (Phi) is 5.69. The van der Waals surface area contributed by atoms with Crippen molar-refractivity contribution in [1.29, 1.82) is 0 Å². The Morgan fingerprint density at radius 2 is 2.00 bits per heavy atom. The van der Waals surface area contributed by atoms with E-state index >= 15 is 0 Å². The number of ether oxygens (including phenoxy) is 1. The number of urea groups is 1. The van der Waals surface area contributed by atoms with Gasteiger partial charge in [0.05, 0.1) is 19.3 Å². The number of carbonyl (C=O) groups is 2. The predicted molar refractivity (Wildman–Crippen MR) is 98.6 cm³/mol. The number of hydrogen-bond donors (Lipinski definition) is 2. The van der Waals surface area contributed by atoms with Crippen LogP contribution in [0.4, 0.5) is 4.79 Å².